The Hall–Kier alpha value is -5.07. The highest BCUT2D eigenvalue weighted by Gasteiger charge is 2.53. The number of nitrogens with zero attached hydrogens (tertiary/aromatic N) is 2. The second kappa shape index (κ2) is 23.6. The van der Waals surface area contributed by atoms with Crippen LogP contribution >= 0.6 is 0 Å². The third kappa shape index (κ3) is 14.2. The first kappa shape index (κ1) is 53.5. The van der Waals surface area contributed by atoms with Crippen molar-refractivity contribution in [3.63, 3.8) is 0 Å². The number of benzene rings is 2. The van der Waals surface area contributed by atoms with Crippen LogP contribution in [-0.4, -0.2) is 100 Å². The van der Waals surface area contributed by atoms with Gasteiger partial charge in [0.1, 0.15) is 12.1 Å². The fourth-order valence-electron chi connectivity index (χ4n) is 10.0. The molecule has 364 valence electrons. The van der Waals surface area contributed by atoms with Crippen LogP contribution in [0.3, 0.4) is 0 Å². The van der Waals surface area contributed by atoms with Crippen molar-refractivity contribution in [2.24, 2.45) is 34.0 Å². The van der Waals surface area contributed by atoms with E-state index in [0.29, 0.717) is 51.6 Å². The summed E-state index contributed by atoms with van der Waals surface area (Å²) in [5, 5.41) is 19.5. The zero-order valence-electron chi connectivity index (χ0n) is 41.4. The largest absolute Gasteiger partial charge is 0.481 e. The Morgan fingerprint density at radius 1 is 0.712 bits per heavy atom. The molecule has 1 unspecified atom stereocenters. The van der Waals surface area contributed by atoms with Gasteiger partial charge < -0.3 is 30.9 Å². The molecule has 2 aromatic rings. The van der Waals surface area contributed by atoms with Gasteiger partial charge >= 0.3 is 5.97 Å². The van der Waals surface area contributed by atoms with E-state index in [-0.39, 0.29) is 48.5 Å². The maximum atomic E-state index is 14.7. The highest BCUT2D eigenvalue weighted by molar-refractivity contribution is 5.99. The molecule has 13 heteroatoms. The summed E-state index contributed by atoms with van der Waals surface area (Å²) in [6.07, 6.45) is 4.58. The molecule has 1 aliphatic carbocycles. The molecule has 13 nitrogen and oxygen atoms in total. The molecule has 0 aromatic heterocycles. The van der Waals surface area contributed by atoms with E-state index in [1.807, 2.05) is 102 Å². The van der Waals surface area contributed by atoms with Gasteiger partial charge in [-0.2, -0.15) is 0 Å². The summed E-state index contributed by atoms with van der Waals surface area (Å²) in [6, 6.07) is 15.9. The number of nitrogens with one attached hydrogen (secondary N) is 3. The molecule has 1 aliphatic heterocycles. The predicted molar refractivity (Wildman–Crippen MR) is 257 cm³/mol. The smallest absolute Gasteiger partial charge is 0.312 e. The number of amides is 5. The van der Waals surface area contributed by atoms with Crippen molar-refractivity contribution in [1.29, 1.82) is 0 Å². The number of ketones is 1. The third-order valence-corrected chi connectivity index (χ3v) is 13.9. The number of Topliss-reactive ketones (excluding diaryl/α,β-unsaturated/α-hetero) is 1. The van der Waals surface area contributed by atoms with E-state index in [1.165, 1.54) is 4.90 Å². The summed E-state index contributed by atoms with van der Waals surface area (Å²) >= 11 is 0. The minimum Gasteiger partial charge on any atom is -0.481 e. The molecule has 6 atom stereocenters. The standard InChI is InChI=1S/C53H79N5O8/c1-11-41(51(4,5)6)54-48(63)45(53(50(65)66)28-18-19-29-53)56-46(61)39(34-42(60)58-30-20-21-31-58)33-40(59)44(52(7,8)9)55-47(62)43(35(2)3)57(10)49(64)38(32-37-24-16-13-17-25-37)27-26-36-22-14-12-15-23-36/h12-17,22-25,35,38-39,41,43-45H,11,18-21,26-34H2,1-10H3,(H,54,63)(H,55,62)(H,56,61)(H,65,66)/t38?,39-,41-,43+,44-,45-/m1/s1. The quantitative estimate of drug-likeness (QED) is 0.0961. The van der Waals surface area contributed by atoms with Crippen molar-refractivity contribution in [1.82, 2.24) is 25.8 Å². The fourth-order valence-corrected chi connectivity index (χ4v) is 10.0. The summed E-state index contributed by atoms with van der Waals surface area (Å²) in [5.74, 6) is -6.14. The molecule has 2 aliphatic rings. The molecule has 2 aromatic carbocycles. The van der Waals surface area contributed by atoms with Crippen molar-refractivity contribution in [3.8, 4) is 0 Å². The van der Waals surface area contributed by atoms with Crippen molar-refractivity contribution >= 4 is 41.3 Å². The number of aryl methyl sites for hydroxylation is 1. The third-order valence-electron chi connectivity index (χ3n) is 13.9. The Morgan fingerprint density at radius 3 is 1.77 bits per heavy atom. The lowest BCUT2D eigenvalue weighted by atomic mass is 9.76. The molecule has 0 bridgehead atoms. The van der Waals surface area contributed by atoms with Gasteiger partial charge in [0.05, 0.1) is 17.4 Å². The SMILES string of the molecule is CC[C@@H](NC(=O)[C@@H](NC(=O)[C@H](CC(=O)[C@@H](NC(=O)[C@H](C(C)C)N(C)C(=O)C(CCc1ccccc1)Cc1ccccc1)C(C)(C)C)CC(=O)N1CCCC1)C1(C(=O)O)CCCC1)C(C)(C)C. The van der Waals surface area contributed by atoms with Crippen LogP contribution in [0, 0.1) is 34.0 Å². The Balaban J connectivity index is 1.63. The maximum Gasteiger partial charge on any atom is 0.312 e. The van der Waals surface area contributed by atoms with E-state index < -0.39 is 76.7 Å². The van der Waals surface area contributed by atoms with Gasteiger partial charge in [-0.05, 0) is 79.2 Å². The number of likely N-dealkylation sites (tertiary alicyclic amines) is 1. The maximum absolute atomic E-state index is 14.7. The first-order valence-electron chi connectivity index (χ1n) is 24.3. The minimum atomic E-state index is -1.58. The van der Waals surface area contributed by atoms with Crippen LogP contribution in [0.5, 0.6) is 0 Å². The first-order valence-corrected chi connectivity index (χ1v) is 24.3. The molecular formula is C53H79N5O8. The van der Waals surface area contributed by atoms with Crippen LogP contribution in [-0.2, 0) is 46.4 Å². The Labute approximate surface area is 394 Å². The van der Waals surface area contributed by atoms with Crippen LogP contribution in [0.15, 0.2) is 60.7 Å². The van der Waals surface area contributed by atoms with Crippen molar-refractivity contribution in [2.45, 2.75) is 164 Å². The Bertz CT molecular complexity index is 1960. The first-order chi connectivity index (χ1) is 31.0. The average Bonchev–Trinajstić information content (AvgIpc) is 3.99. The summed E-state index contributed by atoms with van der Waals surface area (Å²) in [6.45, 7) is 18.0. The van der Waals surface area contributed by atoms with E-state index in [0.717, 1.165) is 24.0 Å². The lowest BCUT2D eigenvalue weighted by Gasteiger charge is -2.38. The number of carbonyl (C=O) groups excluding carboxylic acids is 6. The molecule has 0 spiro atoms. The lowest BCUT2D eigenvalue weighted by Crippen LogP contribution is -2.61. The fraction of sp³-hybridized carbons (Fsp3) is 0.642. The highest BCUT2D eigenvalue weighted by Crippen LogP contribution is 2.42. The Kier molecular flexibility index (Phi) is 19.1. The van der Waals surface area contributed by atoms with E-state index >= 15 is 0 Å². The van der Waals surface area contributed by atoms with E-state index in [2.05, 4.69) is 16.0 Å². The highest BCUT2D eigenvalue weighted by atomic mass is 16.4. The van der Waals surface area contributed by atoms with E-state index in [4.69, 9.17) is 0 Å². The van der Waals surface area contributed by atoms with E-state index in [1.54, 1.807) is 32.7 Å². The summed E-state index contributed by atoms with van der Waals surface area (Å²) in [4.78, 5) is 103. The van der Waals surface area contributed by atoms with Crippen molar-refractivity contribution < 1.29 is 38.7 Å². The molecule has 4 N–H and O–H groups in total. The molecule has 4 rings (SSSR count). The molecule has 0 radical (unpaired) electrons. The molecule has 1 heterocycles. The minimum absolute atomic E-state index is 0.176. The number of likely N-dealkylation sites (N-methyl/N-ethyl adjacent to an activating group) is 1. The monoisotopic (exact) mass is 914 g/mol. The van der Waals surface area contributed by atoms with Crippen LogP contribution in [0.1, 0.15) is 138 Å². The number of carboxylic acids is 1. The second-order valence-electron chi connectivity index (χ2n) is 21.5. The molecule has 1 saturated carbocycles. The number of rotatable bonds is 22. The number of hydrogen-bond donors (Lipinski definition) is 4. The van der Waals surface area contributed by atoms with Crippen LogP contribution in [0.4, 0.5) is 0 Å². The molecule has 1 saturated heterocycles. The van der Waals surface area contributed by atoms with Crippen molar-refractivity contribution in [3.05, 3.63) is 71.8 Å². The van der Waals surface area contributed by atoms with E-state index in [9.17, 15) is 38.7 Å². The average molecular weight is 914 g/mol. The summed E-state index contributed by atoms with van der Waals surface area (Å²) < 4.78 is 0. The van der Waals surface area contributed by atoms with Gasteiger partial charge in [0.2, 0.25) is 29.5 Å². The van der Waals surface area contributed by atoms with Crippen LogP contribution < -0.4 is 16.0 Å². The topological polar surface area (TPSA) is 182 Å². The molecule has 5 amide bonds. The zero-order chi connectivity index (χ0) is 49.0. The number of hydrogen-bond acceptors (Lipinski definition) is 7. The van der Waals surface area contributed by atoms with Gasteiger partial charge in [0, 0.05) is 44.9 Å². The number of carboxylic acid groups (broad SMARTS) is 1. The van der Waals surface area contributed by atoms with Gasteiger partial charge in [-0.1, -0.05) is 136 Å². The van der Waals surface area contributed by atoms with Crippen LogP contribution in [0.25, 0.3) is 0 Å². The molecule has 66 heavy (non-hydrogen) atoms. The lowest BCUT2D eigenvalue weighted by molar-refractivity contribution is -0.155. The van der Waals surface area contributed by atoms with Crippen molar-refractivity contribution in [2.75, 3.05) is 20.1 Å². The number of carbonyl (C=O) groups is 7. The van der Waals surface area contributed by atoms with Gasteiger partial charge in [-0.15, -0.1) is 0 Å². The van der Waals surface area contributed by atoms with Gasteiger partial charge in [-0.25, -0.2) is 0 Å². The normalized spacial score (nSPS) is 17.8. The van der Waals surface area contributed by atoms with Crippen LogP contribution in [0.2, 0.25) is 0 Å². The predicted octanol–water partition coefficient (Wildman–Crippen LogP) is 7.15. The Morgan fingerprint density at radius 2 is 1.27 bits per heavy atom. The summed E-state index contributed by atoms with van der Waals surface area (Å²) in [7, 11) is 1.64. The second-order valence-corrected chi connectivity index (χ2v) is 21.5. The molecular weight excluding hydrogens is 835 g/mol. The van der Waals surface area contributed by atoms with Gasteiger partial charge in [-0.3, -0.25) is 33.6 Å². The zero-order valence-corrected chi connectivity index (χ0v) is 41.4. The summed E-state index contributed by atoms with van der Waals surface area (Å²) in [5.41, 5.74) is -0.704. The number of aliphatic carboxylic acids is 1. The van der Waals surface area contributed by atoms with Gasteiger partial charge in [0.25, 0.3) is 0 Å². The van der Waals surface area contributed by atoms with Gasteiger partial charge in [0.15, 0.2) is 5.78 Å². The molecule has 2 fully saturated rings.